The Hall–Kier alpha value is -0.900. The molecule has 1 rings (SSSR count). The topological polar surface area (TPSA) is 42.7 Å². The van der Waals surface area contributed by atoms with E-state index in [0.29, 0.717) is 11.8 Å². The van der Waals surface area contributed by atoms with Gasteiger partial charge in [0.1, 0.15) is 12.2 Å². The van der Waals surface area contributed by atoms with Gasteiger partial charge in [0.15, 0.2) is 0 Å². The molecule has 1 aromatic heterocycles. The number of nitrogens with zero attached hydrogens (tertiary/aromatic N) is 3. The maximum absolute atomic E-state index is 4.43. The lowest BCUT2D eigenvalue weighted by atomic mass is 9.99. The van der Waals surface area contributed by atoms with Crippen LogP contribution in [0.5, 0.6) is 0 Å². The molecule has 4 nitrogen and oxygen atoms in total. The predicted octanol–water partition coefficient (Wildman–Crippen LogP) is 2.89. The van der Waals surface area contributed by atoms with E-state index < -0.39 is 0 Å². The number of aromatic nitrogens is 3. The Morgan fingerprint density at radius 1 is 1.32 bits per heavy atom. The summed E-state index contributed by atoms with van der Waals surface area (Å²) in [5, 5.41) is 7.93. The van der Waals surface area contributed by atoms with E-state index in [2.05, 4.69) is 61.6 Å². The van der Waals surface area contributed by atoms with Gasteiger partial charge in [-0.2, -0.15) is 5.10 Å². The van der Waals surface area contributed by atoms with Crippen molar-refractivity contribution in [3.63, 3.8) is 0 Å². The van der Waals surface area contributed by atoms with E-state index in [-0.39, 0.29) is 5.54 Å². The lowest BCUT2D eigenvalue weighted by molar-refractivity contribution is 0.353. The maximum atomic E-state index is 4.43. The van der Waals surface area contributed by atoms with E-state index in [0.717, 1.165) is 31.8 Å². The smallest absolute Gasteiger partial charge is 0.138 e. The summed E-state index contributed by atoms with van der Waals surface area (Å²) in [5.41, 5.74) is 0.180. The Balaban J connectivity index is 2.58. The molecular weight excluding hydrogens is 236 g/mol. The first-order chi connectivity index (χ1) is 8.81. The van der Waals surface area contributed by atoms with E-state index in [1.807, 2.05) is 0 Å². The van der Waals surface area contributed by atoms with Crippen LogP contribution in [0, 0.1) is 11.8 Å². The molecule has 0 radical (unpaired) electrons. The second-order valence-electron chi connectivity index (χ2n) is 6.86. The second-order valence-corrected chi connectivity index (χ2v) is 6.86. The summed E-state index contributed by atoms with van der Waals surface area (Å²) >= 11 is 0. The highest BCUT2D eigenvalue weighted by molar-refractivity contribution is 4.88. The van der Waals surface area contributed by atoms with Gasteiger partial charge in [-0.1, -0.05) is 27.2 Å². The molecular formula is C15H30N4. The fourth-order valence-corrected chi connectivity index (χ4v) is 2.01. The zero-order valence-corrected chi connectivity index (χ0v) is 13.4. The van der Waals surface area contributed by atoms with E-state index in [9.17, 15) is 0 Å². The molecule has 1 N–H and O–H groups in total. The van der Waals surface area contributed by atoms with Crippen LogP contribution in [-0.4, -0.2) is 26.8 Å². The predicted molar refractivity (Wildman–Crippen MR) is 80.1 cm³/mol. The number of hydrogen-bond acceptors (Lipinski definition) is 3. The molecule has 0 saturated heterocycles. The monoisotopic (exact) mass is 266 g/mol. The van der Waals surface area contributed by atoms with Crippen molar-refractivity contribution < 1.29 is 0 Å². The lowest BCUT2D eigenvalue weighted by Gasteiger charge is -2.24. The van der Waals surface area contributed by atoms with E-state index in [4.69, 9.17) is 0 Å². The molecule has 1 unspecified atom stereocenters. The Labute approximate surface area is 118 Å². The van der Waals surface area contributed by atoms with Gasteiger partial charge in [-0.05, 0) is 39.2 Å². The van der Waals surface area contributed by atoms with E-state index >= 15 is 0 Å². The van der Waals surface area contributed by atoms with Crippen LogP contribution in [0.2, 0.25) is 0 Å². The normalized spacial score (nSPS) is 14.1. The van der Waals surface area contributed by atoms with Crippen LogP contribution in [0.15, 0.2) is 6.33 Å². The third-order valence-corrected chi connectivity index (χ3v) is 3.20. The van der Waals surface area contributed by atoms with Crippen LogP contribution in [0.25, 0.3) is 0 Å². The van der Waals surface area contributed by atoms with Gasteiger partial charge in [-0.3, -0.25) is 0 Å². The molecule has 4 heteroatoms. The van der Waals surface area contributed by atoms with Crippen molar-refractivity contribution in [1.82, 2.24) is 20.1 Å². The molecule has 0 bridgehead atoms. The molecule has 0 aliphatic carbocycles. The van der Waals surface area contributed by atoms with Crippen molar-refractivity contribution in [3.8, 4) is 0 Å². The highest BCUT2D eigenvalue weighted by atomic mass is 15.3. The van der Waals surface area contributed by atoms with Gasteiger partial charge in [-0.15, -0.1) is 0 Å². The molecule has 19 heavy (non-hydrogen) atoms. The van der Waals surface area contributed by atoms with Gasteiger partial charge in [0.25, 0.3) is 0 Å². The van der Waals surface area contributed by atoms with Crippen molar-refractivity contribution in [3.05, 3.63) is 12.2 Å². The molecule has 110 valence electrons. The van der Waals surface area contributed by atoms with Crippen LogP contribution in [-0.2, 0) is 13.0 Å². The van der Waals surface area contributed by atoms with Crippen LogP contribution in [0.1, 0.15) is 53.8 Å². The molecule has 0 aliphatic heterocycles. The first kappa shape index (κ1) is 16.2. The minimum absolute atomic E-state index is 0.180. The first-order valence-corrected chi connectivity index (χ1v) is 7.43. The Bertz CT molecular complexity index is 362. The number of nitrogens with one attached hydrogen (secondary N) is 1. The molecule has 1 aromatic rings. The second kappa shape index (κ2) is 7.04. The third kappa shape index (κ3) is 6.19. The average Bonchev–Trinajstić information content (AvgIpc) is 2.69. The molecule has 1 atom stereocenters. The van der Waals surface area contributed by atoms with Crippen molar-refractivity contribution in [1.29, 1.82) is 0 Å². The van der Waals surface area contributed by atoms with Gasteiger partial charge in [0.05, 0.1) is 0 Å². The van der Waals surface area contributed by atoms with E-state index in [1.165, 1.54) is 0 Å². The summed E-state index contributed by atoms with van der Waals surface area (Å²) in [6.07, 6.45) is 3.85. The summed E-state index contributed by atoms with van der Waals surface area (Å²) in [6.45, 7) is 15.3. The summed E-state index contributed by atoms with van der Waals surface area (Å²) in [7, 11) is 0. The first-order valence-electron chi connectivity index (χ1n) is 7.43. The van der Waals surface area contributed by atoms with Gasteiger partial charge >= 0.3 is 0 Å². The summed E-state index contributed by atoms with van der Waals surface area (Å²) in [6, 6.07) is 0. The van der Waals surface area contributed by atoms with Crippen LogP contribution < -0.4 is 5.32 Å². The largest absolute Gasteiger partial charge is 0.312 e. The zero-order chi connectivity index (χ0) is 14.5. The number of rotatable bonds is 7. The fraction of sp³-hybridized carbons (Fsp3) is 0.867. The summed E-state index contributed by atoms with van der Waals surface area (Å²) < 4.78 is 2.06. The summed E-state index contributed by atoms with van der Waals surface area (Å²) in [5.74, 6) is 2.35. The quantitative estimate of drug-likeness (QED) is 0.825. The van der Waals surface area contributed by atoms with Gasteiger partial charge in [-0.25, -0.2) is 9.67 Å². The maximum Gasteiger partial charge on any atom is 0.138 e. The molecule has 0 aromatic carbocycles. The molecule has 0 fully saturated rings. The zero-order valence-electron chi connectivity index (χ0n) is 13.4. The fourth-order valence-electron chi connectivity index (χ4n) is 2.01. The highest BCUT2D eigenvalue weighted by Gasteiger charge is 2.16. The van der Waals surface area contributed by atoms with Crippen molar-refractivity contribution in [2.24, 2.45) is 11.8 Å². The van der Waals surface area contributed by atoms with Crippen molar-refractivity contribution >= 4 is 0 Å². The SMILES string of the molecule is CCC(CNC(C)(C)C)Cc1ncnn1CC(C)C. The van der Waals surface area contributed by atoms with Gasteiger partial charge in [0.2, 0.25) is 0 Å². The molecule has 0 saturated carbocycles. The van der Waals surface area contributed by atoms with Gasteiger partial charge < -0.3 is 5.32 Å². The lowest BCUT2D eigenvalue weighted by Crippen LogP contribution is -2.39. The molecule has 1 heterocycles. The Morgan fingerprint density at radius 3 is 2.53 bits per heavy atom. The molecule has 0 amide bonds. The van der Waals surface area contributed by atoms with E-state index in [1.54, 1.807) is 6.33 Å². The average molecular weight is 266 g/mol. The Kier molecular flexibility index (Phi) is 5.98. The molecule has 0 spiro atoms. The van der Waals surface area contributed by atoms with Crippen LogP contribution >= 0.6 is 0 Å². The highest BCUT2D eigenvalue weighted by Crippen LogP contribution is 2.12. The van der Waals surface area contributed by atoms with Gasteiger partial charge in [0, 0.05) is 18.5 Å². The van der Waals surface area contributed by atoms with Crippen molar-refractivity contribution in [2.75, 3.05) is 6.54 Å². The third-order valence-electron chi connectivity index (χ3n) is 3.20. The molecule has 0 aliphatic rings. The minimum Gasteiger partial charge on any atom is -0.312 e. The minimum atomic E-state index is 0.180. The van der Waals surface area contributed by atoms with Crippen LogP contribution in [0.3, 0.4) is 0 Å². The summed E-state index contributed by atoms with van der Waals surface area (Å²) in [4.78, 5) is 4.43. The number of hydrogen-bond donors (Lipinski definition) is 1. The van der Waals surface area contributed by atoms with Crippen molar-refractivity contribution in [2.45, 2.75) is 66.5 Å². The standard InChI is InChI=1S/C15H30N4/c1-7-13(9-17-15(4,5)6)8-14-16-11-18-19(14)10-12(2)3/h11-13,17H,7-10H2,1-6H3. The Morgan fingerprint density at radius 2 is 2.00 bits per heavy atom. The van der Waals surface area contributed by atoms with Crippen LogP contribution in [0.4, 0.5) is 0 Å².